The smallest absolute Gasteiger partial charge is 0.259 e. The standard InChI is InChI=1S/C20H21BrN2O2/c1-14(2)20(3,13-22)23-19(24)12-25-18-10-6-16(7-11-18)15-4-8-17(21)9-5-15/h4-11,14H,12H2,1-3H3,(H,23,24)/t20-/m0/s1. The third-order valence-corrected chi connectivity index (χ3v) is 4.72. The summed E-state index contributed by atoms with van der Waals surface area (Å²) in [4.78, 5) is 12.0. The van der Waals surface area contributed by atoms with E-state index in [1.165, 1.54) is 0 Å². The number of hydrogen-bond donors (Lipinski definition) is 1. The fraction of sp³-hybridized carbons (Fsp3) is 0.300. The van der Waals surface area contributed by atoms with Crippen molar-refractivity contribution in [2.45, 2.75) is 26.3 Å². The molecule has 1 amide bonds. The number of nitrogens with one attached hydrogen (secondary N) is 1. The maximum absolute atomic E-state index is 12.0. The Morgan fingerprint density at radius 1 is 1.16 bits per heavy atom. The summed E-state index contributed by atoms with van der Waals surface area (Å²) < 4.78 is 6.55. The molecule has 0 aromatic heterocycles. The molecule has 0 aliphatic carbocycles. The molecule has 0 saturated carbocycles. The van der Waals surface area contributed by atoms with Crippen LogP contribution >= 0.6 is 15.9 Å². The van der Waals surface area contributed by atoms with E-state index in [1.807, 2.05) is 62.4 Å². The Kier molecular flexibility index (Phi) is 6.22. The highest BCUT2D eigenvalue weighted by molar-refractivity contribution is 9.10. The highest BCUT2D eigenvalue weighted by Crippen LogP contribution is 2.24. The summed E-state index contributed by atoms with van der Waals surface area (Å²) in [5.41, 5.74) is 1.28. The van der Waals surface area contributed by atoms with Crippen LogP contribution in [0.1, 0.15) is 20.8 Å². The van der Waals surface area contributed by atoms with Gasteiger partial charge in [-0.15, -0.1) is 0 Å². The van der Waals surface area contributed by atoms with E-state index >= 15 is 0 Å². The molecule has 2 aromatic rings. The lowest BCUT2D eigenvalue weighted by molar-refractivity contribution is -0.124. The van der Waals surface area contributed by atoms with E-state index < -0.39 is 5.54 Å². The van der Waals surface area contributed by atoms with E-state index in [9.17, 15) is 10.1 Å². The Morgan fingerprint density at radius 2 is 1.68 bits per heavy atom. The molecule has 0 fully saturated rings. The van der Waals surface area contributed by atoms with Crippen LogP contribution < -0.4 is 10.1 Å². The van der Waals surface area contributed by atoms with Gasteiger partial charge in [0.2, 0.25) is 0 Å². The van der Waals surface area contributed by atoms with E-state index in [1.54, 1.807) is 6.92 Å². The predicted molar refractivity (Wildman–Crippen MR) is 102 cm³/mol. The van der Waals surface area contributed by atoms with Gasteiger partial charge in [0, 0.05) is 4.47 Å². The zero-order chi connectivity index (χ0) is 18.4. The minimum absolute atomic E-state index is 0.00615. The van der Waals surface area contributed by atoms with Gasteiger partial charge in [-0.2, -0.15) is 5.26 Å². The van der Waals surface area contributed by atoms with Gasteiger partial charge < -0.3 is 10.1 Å². The quantitative estimate of drug-likeness (QED) is 0.773. The van der Waals surface area contributed by atoms with Gasteiger partial charge in [-0.3, -0.25) is 4.79 Å². The Hall–Kier alpha value is -2.32. The van der Waals surface area contributed by atoms with Crippen molar-refractivity contribution in [1.29, 1.82) is 5.26 Å². The van der Waals surface area contributed by atoms with Crippen LogP contribution in [-0.2, 0) is 4.79 Å². The minimum atomic E-state index is -0.897. The summed E-state index contributed by atoms with van der Waals surface area (Å²) in [5, 5.41) is 12.0. The SMILES string of the molecule is CC(C)[C@](C)(C#N)NC(=O)COc1ccc(-c2ccc(Br)cc2)cc1. The molecule has 0 saturated heterocycles. The summed E-state index contributed by atoms with van der Waals surface area (Å²) in [6, 6.07) is 17.7. The molecule has 2 rings (SSSR count). The van der Waals surface area contributed by atoms with Gasteiger partial charge in [-0.1, -0.05) is 54.0 Å². The van der Waals surface area contributed by atoms with Crippen molar-refractivity contribution in [3.63, 3.8) is 0 Å². The van der Waals surface area contributed by atoms with Crippen LogP contribution in [0, 0.1) is 17.2 Å². The van der Waals surface area contributed by atoms with Crippen molar-refractivity contribution >= 4 is 21.8 Å². The largest absolute Gasteiger partial charge is 0.484 e. The third-order valence-electron chi connectivity index (χ3n) is 4.19. The van der Waals surface area contributed by atoms with Gasteiger partial charge >= 0.3 is 0 Å². The van der Waals surface area contributed by atoms with Gasteiger partial charge in [-0.05, 0) is 48.2 Å². The van der Waals surface area contributed by atoms with Gasteiger partial charge in [-0.25, -0.2) is 0 Å². The molecule has 2 aromatic carbocycles. The van der Waals surface area contributed by atoms with Crippen LogP contribution in [0.2, 0.25) is 0 Å². The van der Waals surface area contributed by atoms with Crippen molar-refractivity contribution in [2.75, 3.05) is 6.61 Å². The van der Waals surface area contributed by atoms with Crippen LogP contribution in [-0.4, -0.2) is 18.1 Å². The van der Waals surface area contributed by atoms with E-state index in [0.717, 1.165) is 15.6 Å². The second-order valence-corrected chi connectivity index (χ2v) is 7.25. The van der Waals surface area contributed by atoms with E-state index in [2.05, 4.69) is 27.3 Å². The van der Waals surface area contributed by atoms with Crippen molar-refractivity contribution in [1.82, 2.24) is 5.32 Å². The lowest BCUT2D eigenvalue weighted by Gasteiger charge is -2.27. The Balaban J connectivity index is 1.94. The summed E-state index contributed by atoms with van der Waals surface area (Å²) in [6.45, 7) is 5.38. The monoisotopic (exact) mass is 400 g/mol. The van der Waals surface area contributed by atoms with Crippen LogP contribution in [0.5, 0.6) is 5.75 Å². The van der Waals surface area contributed by atoms with Crippen molar-refractivity contribution in [2.24, 2.45) is 5.92 Å². The van der Waals surface area contributed by atoms with E-state index in [0.29, 0.717) is 5.75 Å². The van der Waals surface area contributed by atoms with Crippen LogP contribution in [0.4, 0.5) is 0 Å². The molecule has 0 spiro atoms. The molecule has 0 aliphatic rings. The number of carbonyl (C=O) groups excluding carboxylic acids is 1. The topological polar surface area (TPSA) is 62.1 Å². The predicted octanol–water partition coefficient (Wildman–Crippen LogP) is 4.55. The molecule has 1 atom stereocenters. The lowest BCUT2D eigenvalue weighted by Crippen LogP contribution is -2.50. The zero-order valence-electron chi connectivity index (χ0n) is 14.5. The molecule has 0 radical (unpaired) electrons. The first-order valence-electron chi connectivity index (χ1n) is 8.05. The van der Waals surface area contributed by atoms with E-state index in [-0.39, 0.29) is 18.4 Å². The summed E-state index contributed by atoms with van der Waals surface area (Å²) in [6.07, 6.45) is 0. The average Bonchev–Trinajstić information content (AvgIpc) is 2.61. The molecule has 0 bridgehead atoms. The second-order valence-electron chi connectivity index (χ2n) is 6.34. The number of nitrogens with zero attached hydrogens (tertiary/aromatic N) is 1. The molecule has 0 aliphatic heterocycles. The maximum atomic E-state index is 12.0. The van der Waals surface area contributed by atoms with Crippen molar-refractivity contribution in [3.8, 4) is 22.9 Å². The first kappa shape index (κ1) is 19.0. The fourth-order valence-corrected chi connectivity index (χ4v) is 2.43. The van der Waals surface area contributed by atoms with Gasteiger partial charge in [0.1, 0.15) is 11.3 Å². The highest BCUT2D eigenvalue weighted by Gasteiger charge is 2.29. The third kappa shape index (κ3) is 5.07. The number of hydrogen-bond acceptors (Lipinski definition) is 3. The van der Waals surface area contributed by atoms with Gasteiger partial charge in [0.05, 0.1) is 6.07 Å². The molecule has 5 heteroatoms. The molecule has 4 nitrogen and oxygen atoms in total. The molecule has 0 unspecified atom stereocenters. The maximum Gasteiger partial charge on any atom is 0.259 e. The summed E-state index contributed by atoms with van der Waals surface area (Å²) in [7, 11) is 0. The van der Waals surface area contributed by atoms with Crippen molar-refractivity contribution < 1.29 is 9.53 Å². The Morgan fingerprint density at radius 3 is 2.16 bits per heavy atom. The Labute approximate surface area is 156 Å². The second kappa shape index (κ2) is 8.17. The summed E-state index contributed by atoms with van der Waals surface area (Å²) >= 11 is 3.42. The lowest BCUT2D eigenvalue weighted by atomic mass is 9.90. The number of halogens is 1. The number of amides is 1. The van der Waals surface area contributed by atoms with Crippen LogP contribution in [0.3, 0.4) is 0 Å². The number of nitriles is 1. The fourth-order valence-electron chi connectivity index (χ4n) is 2.16. The first-order chi connectivity index (χ1) is 11.8. The molecule has 25 heavy (non-hydrogen) atoms. The number of rotatable bonds is 6. The van der Waals surface area contributed by atoms with Gasteiger partial charge in [0.25, 0.3) is 5.91 Å². The van der Waals surface area contributed by atoms with Crippen LogP contribution in [0.15, 0.2) is 53.0 Å². The molecular formula is C20H21BrN2O2. The Bertz CT molecular complexity index is 764. The van der Waals surface area contributed by atoms with Crippen LogP contribution in [0.25, 0.3) is 11.1 Å². The minimum Gasteiger partial charge on any atom is -0.484 e. The van der Waals surface area contributed by atoms with Crippen molar-refractivity contribution in [3.05, 3.63) is 53.0 Å². The average molecular weight is 401 g/mol. The van der Waals surface area contributed by atoms with E-state index in [4.69, 9.17) is 4.74 Å². The zero-order valence-corrected chi connectivity index (χ0v) is 16.1. The number of carbonyl (C=O) groups is 1. The molecular weight excluding hydrogens is 380 g/mol. The molecule has 1 N–H and O–H groups in total. The number of ether oxygens (including phenoxy) is 1. The number of benzene rings is 2. The first-order valence-corrected chi connectivity index (χ1v) is 8.84. The molecule has 0 heterocycles. The molecule has 130 valence electrons. The normalized spacial score (nSPS) is 13.0. The van der Waals surface area contributed by atoms with Gasteiger partial charge in [0.15, 0.2) is 6.61 Å². The summed E-state index contributed by atoms with van der Waals surface area (Å²) in [5.74, 6) is 0.306. The highest BCUT2D eigenvalue weighted by atomic mass is 79.9.